The van der Waals surface area contributed by atoms with Gasteiger partial charge in [-0.1, -0.05) is 41.3 Å². The summed E-state index contributed by atoms with van der Waals surface area (Å²) < 4.78 is 0.878. The SMILES string of the molecule is Cc1ccc(C(=O)NNC(=O)C2CCCCC2)cc1Br. The molecule has 4 nitrogen and oxygen atoms in total. The van der Waals surface area contributed by atoms with E-state index in [2.05, 4.69) is 26.8 Å². The van der Waals surface area contributed by atoms with Crippen molar-refractivity contribution >= 4 is 27.7 Å². The number of benzene rings is 1. The van der Waals surface area contributed by atoms with Crippen molar-refractivity contribution in [2.75, 3.05) is 0 Å². The molecule has 0 heterocycles. The van der Waals surface area contributed by atoms with Gasteiger partial charge in [0, 0.05) is 16.0 Å². The lowest BCUT2D eigenvalue weighted by atomic mass is 9.89. The van der Waals surface area contributed by atoms with Gasteiger partial charge in [0.15, 0.2) is 0 Å². The summed E-state index contributed by atoms with van der Waals surface area (Å²) in [5, 5.41) is 0. The molecule has 5 heteroatoms. The quantitative estimate of drug-likeness (QED) is 0.814. The van der Waals surface area contributed by atoms with Crippen molar-refractivity contribution in [2.24, 2.45) is 5.92 Å². The summed E-state index contributed by atoms with van der Waals surface area (Å²) in [6, 6.07) is 5.35. The van der Waals surface area contributed by atoms with E-state index in [-0.39, 0.29) is 17.7 Å². The summed E-state index contributed by atoms with van der Waals surface area (Å²) in [5.41, 5.74) is 6.60. The van der Waals surface area contributed by atoms with Crippen LogP contribution in [-0.2, 0) is 4.79 Å². The Balaban J connectivity index is 1.88. The summed E-state index contributed by atoms with van der Waals surface area (Å²) in [4.78, 5) is 23.9. The van der Waals surface area contributed by atoms with Gasteiger partial charge in [0.2, 0.25) is 5.91 Å². The highest BCUT2D eigenvalue weighted by atomic mass is 79.9. The van der Waals surface area contributed by atoms with Gasteiger partial charge < -0.3 is 0 Å². The van der Waals surface area contributed by atoms with Gasteiger partial charge in [-0.15, -0.1) is 0 Å². The topological polar surface area (TPSA) is 58.2 Å². The third-order valence-corrected chi connectivity index (χ3v) is 4.56. The fraction of sp³-hybridized carbons (Fsp3) is 0.467. The van der Waals surface area contributed by atoms with Crippen LogP contribution in [0.2, 0.25) is 0 Å². The summed E-state index contributed by atoms with van der Waals surface area (Å²) >= 11 is 3.39. The zero-order valence-electron chi connectivity index (χ0n) is 11.5. The van der Waals surface area contributed by atoms with E-state index < -0.39 is 0 Å². The Hall–Kier alpha value is -1.36. The van der Waals surface area contributed by atoms with Crippen LogP contribution in [0, 0.1) is 12.8 Å². The molecule has 1 aromatic rings. The van der Waals surface area contributed by atoms with Crippen LogP contribution in [0.1, 0.15) is 48.0 Å². The predicted octanol–water partition coefficient (Wildman–Crippen LogP) is 3.10. The Morgan fingerprint density at radius 3 is 2.50 bits per heavy atom. The van der Waals surface area contributed by atoms with E-state index in [1.54, 1.807) is 12.1 Å². The molecule has 1 aliphatic carbocycles. The van der Waals surface area contributed by atoms with E-state index in [0.717, 1.165) is 35.7 Å². The molecule has 0 aromatic heterocycles. The fourth-order valence-corrected chi connectivity index (χ4v) is 2.77. The van der Waals surface area contributed by atoms with E-state index in [0.29, 0.717) is 5.56 Å². The van der Waals surface area contributed by atoms with Crippen LogP contribution >= 0.6 is 15.9 Å². The Kier molecular flexibility index (Phi) is 5.17. The highest BCUT2D eigenvalue weighted by molar-refractivity contribution is 9.10. The largest absolute Gasteiger partial charge is 0.273 e. The molecule has 1 fully saturated rings. The van der Waals surface area contributed by atoms with Gasteiger partial charge in [0.05, 0.1) is 0 Å². The number of hydrogen-bond acceptors (Lipinski definition) is 2. The molecule has 2 N–H and O–H groups in total. The van der Waals surface area contributed by atoms with E-state index in [4.69, 9.17) is 0 Å². The van der Waals surface area contributed by atoms with E-state index in [9.17, 15) is 9.59 Å². The van der Waals surface area contributed by atoms with Crippen LogP contribution in [0.15, 0.2) is 22.7 Å². The van der Waals surface area contributed by atoms with Crippen molar-refractivity contribution < 1.29 is 9.59 Å². The zero-order chi connectivity index (χ0) is 14.5. The van der Waals surface area contributed by atoms with Gasteiger partial charge in [-0.05, 0) is 37.5 Å². The average molecular weight is 339 g/mol. The summed E-state index contributed by atoms with van der Waals surface area (Å²) in [5.74, 6) is -0.340. The van der Waals surface area contributed by atoms with Crippen LogP contribution in [0.25, 0.3) is 0 Å². The lowest BCUT2D eigenvalue weighted by Gasteiger charge is -2.20. The molecular weight excluding hydrogens is 320 g/mol. The molecule has 0 radical (unpaired) electrons. The highest BCUT2D eigenvalue weighted by Crippen LogP contribution is 2.23. The summed E-state index contributed by atoms with van der Waals surface area (Å²) in [7, 11) is 0. The number of aryl methyl sites for hydroxylation is 1. The van der Waals surface area contributed by atoms with Crippen molar-refractivity contribution in [1.82, 2.24) is 10.9 Å². The van der Waals surface area contributed by atoms with Gasteiger partial charge in [-0.25, -0.2) is 0 Å². The van der Waals surface area contributed by atoms with Crippen molar-refractivity contribution in [1.29, 1.82) is 0 Å². The van der Waals surface area contributed by atoms with Crippen LogP contribution in [0.5, 0.6) is 0 Å². The lowest BCUT2D eigenvalue weighted by molar-refractivity contribution is -0.126. The zero-order valence-corrected chi connectivity index (χ0v) is 13.1. The monoisotopic (exact) mass is 338 g/mol. The van der Waals surface area contributed by atoms with E-state index in [1.165, 1.54) is 6.42 Å². The fourth-order valence-electron chi connectivity index (χ4n) is 2.39. The number of hydrazine groups is 1. The Labute approximate surface area is 127 Å². The van der Waals surface area contributed by atoms with Crippen LogP contribution in [0.3, 0.4) is 0 Å². The molecule has 0 atom stereocenters. The lowest BCUT2D eigenvalue weighted by Crippen LogP contribution is -2.44. The summed E-state index contributed by atoms with van der Waals surface area (Å²) in [6.45, 7) is 1.95. The highest BCUT2D eigenvalue weighted by Gasteiger charge is 2.21. The van der Waals surface area contributed by atoms with Gasteiger partial charge in [0.1, 0.15) is 0 Å². The van der Waals surface area contributed by atoms with Gasteiger partial charge >= 0.3 is 0 Å². The number of amides is 2. The molecule has 1 aliphatic rings. The smallest absolute Gasteiger partial charge is 0.269 e. The predicted molar refractivity (Wildman–Crippen MR) is 81.1 cm³/mol. The minimum Gasteiger partial charge on any atom is -0.273 e. The minimum absolute atomic E-state index is 0.0359. The van der Waals surface area contributed by atoms with Gasteiger partial charge in [-0.3, -0.25) is 20.4 Å². The minimum atomic E-state index is -0.296. The Morgan fingerprint density at radius 2 is 1.85 bits per heavy atom. The van der Waals surface area contributed by atoms with Crippen molar-refractivity contribution in [3.05, 3.63) is 33.8 Å². The normalized spacial score (nSPS) is 15.7. The molecule has 1 aromatic carbocycles. The number of hydrogen-bond donors (Lipinski definition) is 2. The van der Waals surface area contributed by atoms with Crippen molar-refractivity contribution in [3.63, 3.8) is 0 Å². The van der Waals surface area contributed by atoms with E-state index in [1.807, 2.05) is 13.0 Å². The van der Waals surface area contributed by atoms with Gasteiger partial charge in [-0.2, -0.15) is 0 Å². The standard InChI is InChI=1S/C15H19BrN2O2/c1-10-7-8-12(9-13(10)16)15(20)18-17-14(19)11-5-3-2-4-6-11/h7-9,11H,2-6H2,1H3,(H,17,19)(H,18,20). The number of rotatable bonds is 2. The molecule has 0 spiro atoms. The number of nitrogens with one attached hydrogen (secondary N) is 2. The van der Waals surface area contributed by atoms with E-state index >= 15 is 0 Å². The third kappa shape index (κ3) is 3.82. The number of carbonyl (C=O) groups excluding carboxylic acids is 2. The molecule has 0 bridgehead atoms. The van der Waals surface area contributed by atoms with Crippen LogP contribution in [-0.4, -0.2) is 11.8 Å². The molecule has 0 aliphatic heterocycles. The first-order valence-electron chi connectivity index (χ1n) is 6.94. The molecule has 0 unspecified atom stereocenters. The van der Waals surface area contributed by atoms with Crippen molar-refractivity contribution in [2.45, 2.75) is 39.0 Å². The number of carbonyl (C=O) groups is 2. The van der Waals surface area contributed by atoms with Gasteiger partial charge in [0.25, 0.3) is 5.91 Å². The van der Waals surface area contributed by atoms with Crippen LogP contribution in [0.4, 0.5) is 0 Å². The maximum Gasteiger partial charge on any atom is 0.269 e. The second-order valence-electron chi connectivity index (χ2n) is 5.24. The Bertz CT molecular complexity index is 511. The first-order chi connectivity index (χ1) is 9.58. The second kappa shape index (κ2) is 6.88. The maximum absolute atomic E-state index is 11.9. The first kappa shape index (κ1) is 15.0. The average Bonchev–Trinajstić information content (AvgIpc) is 2.48. The molecule has 1 saturated carbocycles. The molecule has 2 rings (SSSR count). The maximum atomic E-state index is 11.9. The molecule has 108 valence electrons. The molecule has 0 saturated heterocycles. The molecule has 2 amide bonds. The third-order valence-electron chi connectivity index (χ3n) is 3.71. The van der Waals surface area contributed by atoms with Crippen LogP contribution < -0.4 is 10.9 Å². The van der Waals surface area contributed by atoms with Crippen molar-refractivity contribution in [3.8, 4) is 0 Å². The second-order valence-corrected chi connectivity index (χ2v) is 6.10. The summed E-state index contributed by atoms with van der Waals surface area (Å²) in [6.07, 6.45) is 5.22. The number of halogens is 1. The molecular formula is C15H19BrN2O2. The Morgan fingerprint density at radius 1 is 1.15 bits per heavy atom. The molecule has 20 heavy (non-hydrogen) atoms. The first-order valence-corrected chi connectivity index (χ1v) is 7.73.